The van der Waals surface area contributed by atoms with Gasteiger partial charge in [-0.25, -0.2) is 0 Å². The Kier molecular flexibility index (Phi) is 2.17. The van der Waals surface area contributed by atoms with Crippen LogP contribution in [0.25, 0.3) is 6.08 Å². The lowest BCUT2D eigenvalue weighted by atomic mass is 10.1. The summed E-state index contributed by atoms with van der Waals surface area (Å²) in [4.78, 5) is 11.8. The van der Waals surface area contributed by atoms with Gasteiger partial charge in [-0.3, -0.25) is 4.79 Å². The van der Waals surface area contributed by atoms with Crippen LogP contribution in [-0.4, -0.2) is 18.6 Å². The molecule has 0 radical (unpaired) electrons. The summed E-state index contributed by atoms with van der Waals surface area (Å²) >= 11 is 0. The van der Waals surface area contributed by atoms with Gasteiger partial charge in [0.2, 0.25) is 0 Å². The van der Waals surface area contributed by atoms with E-state index in [1.54, 1.807) is 0 Å². The summed E-state index contributed by atoms with van der Waals surface area (Å²) < 4.78 is 5.53. The van der Waals surface area contributed by atoms with Crippen LogP contribution in [-0.2, 0) is 4.79 Å². The Hall–Kier alpha value is -1.77. The van der Waals surface area contributed by atoms with E-state index in [9.17, 15) is 4.79 Å². The highest BCUT2D eigenvalue weighted by Crippen LogP contribution is 2.26. The van der Waals surface area contributed by atoms with Crippen LogP contribution in [0.3, 0.4) is 0 Å². The van der Waals surface area contributed by atoms with Crippen LogP contribution in [0.1, 0.15) is 18.4 Å². The number of hydrogen-bond donors (Lipinski definition) is 1. The summed E-state index contributed by atoms with van der Waals surface area (Å²) in [6.45, 7) is 0.371. The second-order valence-corrected chi connectivity index (χ2v) is 4.24. The van der Waals surface area contributed by atoms with E-state index in [-0.39, 0.29) is 5.91 Å². The molecular formula is C13H13NO2. The first-order valence-corrected chi connectivity index (χ1v) is 5.56. The summed E-state index contributed by atoms with van der Waals surface area (Å²) in [6, 6.07) is 8.15. The maximum absolute atomic E-state index is 11.8. The Morgan fingerprint density at radius 2 is 2.12 bits per heavy atom. The molecule has 0 saturated heterocycles. The van der Waals surface area contributed by atoms with E-state index < -0.39 is 0 Å². The first-order valence-electron chi connectivity index (χ1n) is 5.56. The minimum Gasteiger partial charge on any atom is -0.488 e. The number of hydrogen-bond acceptors (Lipinski definition) is 2. The number of nitrogens with one attached hydrogen (secondary N) is 1. The predicted molar refractivity (Wildman–Crippen MR) is 61.1 cm³/mol. The zero-order chi connectivity index (χ0) is 11.0. The van der Waals surface area contributed by atoms with Gasteiger partial charge in [0.1, 0.15) is 12.4 Å². The van der Waals surface area contributed by atoms with Gasteiger partial charge in [0.05, 0.1) is 5.57 Å². The van der Waals surface area contributed by atoms with Crippen LogP contribution in [0, 0.1) is 0 Å². The van der Waals surface area contributed by atoms with Gasteiger partial charge < -0.3 is 10.1 Å². The SMILES string of the molecule is O=C(NC1CC1)C1=Cc2ccccc2OC1. The van der Waals surface area contributed by atoms with Crippen LogP contribution in [0.5, 0.6) is 5.75 Å². The quantitative estimate of drug-likeness (QED) is 0.816. The fourth-order valence-electron chi connectivity index (χ4n) is 1.75. The Balaban J connectivity index is 1.82. The largest absolute Gasteiger partial charge is 0.488 e. The molecule has 1 aliphatic heterocycles. The molecule has 1 fully saturated rings. The molecule has 1 N–H and O–H groups in total. The Labute approximate surface area is 94.1 Å². The van der Waals surface area contributed by atoms with E-state index in [2.05, 4.69) is 5.32 Å². The molecule has 16 heavy (non-hydrogen) atoms. The van der Waals surface area contributed by atoms with Crippen molar-refractivity contribution in [1.29, 1.82) is 0 Å². The normalized spacial score (nSPS) is 18.1. The van der Waals surface area contributed by atoms with Crippen molar-refractivity contribution in [1.82, 2.24) is 5.32 Å². The molecule has 1 aromatic rings. The van der Waals surface area contributed by atoms with Crippen molar-refractivity contribution in [3.63, 3.8) is 0 Å². The molecule has 1 aliphatic carbocycles. The zero-order valence-electron chi connectivity index (χ0n) is 8.90. The van der Waals surface area contributed by atoms with Crippen LogP contribution >= 0.6 is 0 Å². The molecule has 0 atom stereocenters. The molecule has 0 bridgehead atoms. The average molecular weight is 215 g/mol. The van der Waals surface area contributed by atoms with Gasteiger partial charge in [0.15, 0.2) is 0 Å². The second-order valence-electron chi connectivity index (χ2n) is 4.24. The van der Waals surface area contributed by atoms with Crippen molar-refractivity contribution in [3.05, 3.63) is 35.4 Å². The van der Waals surface area contributed by atoms with E-state index in [0.29, 0.717) is 18.2 Å². The zero-order valence-corrected chi connectivity index (χ0v) is 8.90. The lowest BCUT2D eigenvalue weighted by Crippen LogP contribution is -2.30. The molecule has 0 unspecified atom stereocenters. The average Bonchev–Trinajstić information content (AvgIpc) is 3.12. The molecule has 1 saturated carbocycles. The number of carbonyl (C=O) groups is 1. The maximum Gasteiger partial charge on any atom is 0.250 e. The molecule has 0 spiro atoms. The maximum atomic E-state index is 11.8. The smallest absolute Gasteiger partial charge is 0.250 e. The summed E-state index contributed by atoms with van der Waals surface area (Å²) in [5.74, 6) is 0.863. The first-order chi connectivity index (χ1) is 7.83. The third kappa shape index (κ3) is 1.81. The molecule has 0 aromatic heterocycles. The van der Waals surface area contributed by atoms with Gasteiger partial charge in [0.25, 0.3) is 5.91 Å². The summed E-state index contributed by atoms with van der Waals surface area (Å²) in [5, 5.41) is 2.97. The van der Waals surface area contributed by atoms with Crippen molar-refractivity contribution < 1.29 is 9.53 Å². The van der Waals surface area contributed by atoms with Gasteiger partial charge in [0, 0.05) is 11.6 Å². The van der Waals surface area contributed by atoms with Gasteiger partial charge in [-0.1, -0.05) is 18.2 Å². The molecule has 3 rings (SSSR count). The Bertz CT molecular complexity index is 461. The predicted octanol–water partition coefficient (Wildman–Crippen LogP) is 1.74. The van der Waals surface area contributed by atoms with Crippen molar-refractivity contribution in [2.75, 3.05) is 6.61 Å². The molecule has 1 aromatic carbocycles. The monoisotopic (exact) mass is 215 g/mol. The van der Waals surface area contributed by atoms with Crippen LogP contribution in [0.2, 0.25) is 0 Å². The highest BCUT2D eigenvalue weighted by molar-refractivity contribution is 5.99. The minimum absolute atomic E-state index is 0.0111. The third-order valence-corrected chi connectivity index (χ3v) is 2.84. The summed E-state index contributed by atoms with van der Waals surface area (Å²) in [6.07, 6.45) is 4.13. The van der Waals surface area contributed by atoms with Crippen LogP contribution < -0.4 is 10.1 Å². The van der Waals surface area contributed by atoms with Crippen molar-refractivity contribution in [2.24, 2.45) is 0 Å². The standard InChI is InChI=1S/C13H13NO2/c15-13(14-11-5-6-11)10-7-9-3-1-2-4-12(9)16-8-10/h1-4,7,11H,5-6,8H2,(H,14,15). The lowest BCUT2D eigenvalue weighted by molar-refractivity contribution is -0.117. The van der Waals surface area contributed by atoms with Crippen molar-refractivity contribution in [3.8, 4) is 5.75 Å². The summed E-state index contributed by atoms with van der Waals surface area (Å²) in [5.41, 5.74) is 1.69. The van der Waals surface area contributed by atoms with E-state index in [1.165, 1.54) is 0 Å². The molecular weight excluding hydrogens is 202 g/mol. The number of fused-ring (bicyclic) bond motifs is 1. The van der Waals surface area contributed by atoms with Gasteiger partial charge in [-0.2, -0.15) is 0 Å². The highest BCUT2D eigenvalue weighted by Gasteiger charge is 2.25. The van der Waals surface area contributed by atoms with Crippen molar-refractivity contribution >= 4 is 12.0 Å². The highest BCUT2D eigenvalue weighted by atomic mass is 16.5. The summed E-state index contributed by atoms with van der Waals surface area (Å²) in [7, 11) is 0. The third-order valence-electron chi connectivity index (χ3n) is 2.84. The number of amides is 1. The first kappa shape index (κ1) is 9.46. The Morgan fingerprint density at radius 3 is 2.94 bits per heavy atom. The number of benzene rings is 1. The minimum atomic E-state index is 0.0111. The number of rotatable bonds is 2. The van der Waals surface area contributed by atoms with Crippen molar-refractivity contribution in [2.45, 2.75) is 18.9 Å². The number of para-hydroxylation sites is 1. The van der Waals surface area contributed by atoms with E-state index in [4.69, 9.17) is 4.74 Å². The number of ether oxygens (including phenoxy) is 1. The molecule has 82 valence electrons. The Morgan fingerprint density at radius 1 is 1.31 bits per heavy atom. The molecule has 3 heteroatoms. The molecule has 1 heterocycles. The van der Waals surface area contributed by atoms with E-state index in [0.717, 1.165) is 24.2 Å². The topological polar surface area (TPSA) is 38.3 Å². The van der Waals surface area contributed by atoms with Gasteiger partial charge in [-0.05, 0) is 25.0 Å². The molecule has 3 nitrogen and oxygen atoms in total. The number of carbonyl (C=O) groups excluding carboxylic acids is 1. The van der Waals surface area contributed by atoms with Crippen LogP contribution in [0.4, 0.5) is 0 Å². The lowest BCUT2D eigenvalue weighted by Gasteiger charge is -2.17. The molecule has 1 amide bonds. The van der Waals surface area contributed by atoms with Gasteiger partial charge >= 0.3 is 0 Å². The second kappa shape index (κ2) is 3.67. The van der Waals surface area contributed by atoms with E-state index in [1.807, 2.05) is 30.3 Å². The fraction of sp³-hybridized carbons (Fsp3) is 0.308. The fourth-order valence-corrected chi connectivity index (χ4v) is 1.75. The van der Waals surface area contributed by atoms with Gasteiger partial charge in [-0.15, -0.1) is 0 Å². The molecule has 2 aliphatic rings. The van der Waals surface area contributed by atoms with Crippen LogP contribution in [0.15, 0.2) is 29.8 Å². The van der Waals surface area contributed by atoms with E-state index >= 15 is 0 Å².